The maximum atomic E-state index is 8.76. The van der Waals surface area contributed by atoms with Gasteiger partial charge in [-0.1, -0.05) is 20.8 Å². The van der Waals surface area contributed by atoms with E-state index >= 15 is 0 Å². The first-order valence-corrected chi connectivity index (χ1v) is 5.41. The SMILES string of the molecule is CC(C)(C)CC1CCC(C#N)CC1. The van der Waals surface area contributed by atoms with E-state index in [4.69, 9.17) is 5.26 Å². The molecule has 0 atom stereocenters. The Morgan fingerprint density at radius 3 is 2.08 bits per heavy atom. The highest BCUT2D eigenvalue weighted by molar-refractivity contribution is 4.87. The van der Waals surface area contributed by atoms with Gasteiger partial charge in [0, 0.05) is 5.92 Å². The van der Waals surface area contributed by atoms with Gasteiger partial charge in [-0.3, -0.25) is 0 Å². The Balaban J connectivity index is 2.30. The molecular formula is C12H21N. The van der Waals surface area contributed by atoms with Gasteiger partial charge in [0.1, 0.15) is 0 Å². The lowest BCUT2D eigenvalue weighted by molar-refractivity contribution is 0.223. The van der Waals surface area contributed by atoms with Crippen LogP contribution in [0.2, 0.25) is 0 Å². The second-order valence-electron chi connectivity index (χ2n) is 5.61. The molecule has 0 aromatic rings. The predicted molar refractivity (Wildman–Crippen MR) is 55.1 cm³/mol. The summed E-state index contributed by atoms with van der Waals surface area (Å²) in [6.45, 7) is 6.93. The molecule has 1 heteroatoms. The van der Waals surface area contributed by atoms with Gasteiger partial charge in [-0.2, -0.15) is 5.26 Å². The molecule has 1 saturated carbocycles. The van der Waals surface area contributed by atoms with Gasteiger partial charge in [-0.05, 0) is 43.4 Å². The summed E-state index contributed by atoms with van der Waals surface area (Å²) < 4.78 is 0. The topological polar surface area (TPSA) is 23.8 Å². The third-order valence-corrected chi connectivity index (χ3v) is 2.93. The number of nitriles is 1. The van der Waals surface area contributed by atoms with Crippen molar-refractivity contribution in [3.05, 3.63) is 0 Å². The summed E-state index contributed by atoms with van der Waals surface area (Å²) in [5.41, 5.74) is 0.462. The van der Waals surface area contributed by atoms with E-state index in [9.17, 15) is 0 Å². The van der Waals surface area contributed by atoms with Crippen LogP contribution >= 0.6 is 0 Å². The number of hydrogen-bond donors (Lipinski definition) is 0. The molecule has 0 saturated heterocycles. The fourth-order valence-corrected chi connectivity index (χ4v) is 2.36. The minimum absolute atomic E-state index is 0.358. The summed E-state index contributed by atoms with van der Waals surface area (Å²) >= 11 is 0. The standard InChI is InChI=1S/C12H21N/c1-12(2,3)8-10-4-6-11(9-13)7-5-10/h10-11H,4-8H2,1-3H3. The van der Waals surface area contributed by atoms with Crippen LogP contribution < -0.4 is 0 Å². The normalized spacial score (nSPS) is 29.7. The Morgan fingerprint density at radius 1 is 1.15 bits per heavy atom. The number of nitrogens with zero attached hydrogens (tertiary/aromatic N) is 1. The molecular weight excluding hydrogens is 158 g/mol. The van der Waals surface area contributed by atoms with E-state index in [1.165, 1.54) is 19.3 Å². The summed E-state index contributed by atoms with van der Waals surface area (Å²) in [6, 6.07) is 2.39. The fourth-order valence-electron chi connectivity index (χ4n) is 2.36. The molecule has 0 bridgehead atoms. The second-order valence-corrected chi connectivity index (χ2v) is 5.61. The number of rotatable bonds is 1. The molecule has 0 aliphatic heterocycles. The van der Waals surface area contributed by atoms with Crippen LogP contribution in [0.15, 0.2) is 0 Å². The molecule has 1 aliphatic rings. The van der Waals surface area contributed by atoms with Crippen LogP contribution in [0, 0.1) is 28.6 Å². The van der Waals surface area contributed by atoms with Gasteiger partial charge < -0.3 is 0 Å². The molecule has 0 aromatic heterocycles. The first-order chi connectivity index (χ1) is 6.01. The van der Waals surface area contributed by atoms with Crippen molar-refractivity contribution in [3.63, 3.8) is 0 Å². The molecule has 0 aromatic carbocycles. The van der Waals surface area contributed by atoms with E-state index in [2.05, 4.69) is 26.8 Å². The highest BCUT2D eigenvalue weighted by Crippen LogP contribution is 2.35. The van der Waals surface area contributed by atoms with Gasteiger partial charge in [0.2, 0.25) is 0 Å². The summed E-state index contributed by atoms with van der Waals surface area (Å²) in [5, 5.41) is 8.76. The Bertz CT molecular complexity index is 186. The highest BCUT2D eigenvalue weighted by Gasteiger charge is 2.24. The van der Waals surface area contributed by atoms with Crippen molar-refractivity contribution >= 4 is 0 Å². The van der Waals surface area contributed by atoms with Gasteiger partial charge in [-0.15, -0.1) is 0 Å². The maximum absolute atomic E-state index is 8.76. The minimum Gasteiger partial charge on any atom is -0.198 e. The lowest BCUT2D eigenvalue weighted by Gasteiger charge is -2.30. The minimum atomic E-state index is 0.358. The van der Waals surface area contributed by atoms with E-state index in [-0.39, 0.29) is 0 Å². The molecule has 1 nitrogen and oxygen atoms in total. The zero-order valence-corrected chi connectivity index (χ0v) is 9.14. The van der Waals surface area contributed by atoms with Gasteiger partial charge in [0.15, 0.2) is 0 Å². The lowest BCUT2D eigenvalue weighted by Crippen LogP contribution is -2.19. The van der Waals surface area contributed by atoms with Crippen molar-refractivity contribution in [2.24, 2.45) is 17.3 Å². The van der Waals surface area contributed by atoms with Crippen LogP contribution in [0.4, 0.5) is 0 Å². The largest absolute Gasteiger partial charge is 0.198 e. The Morgan fingerprint density at radius 2 is 1.69 bits per heavy atom. The van der Waals surface area contributed by atoms with Crippen LogP contribution in [0.3, 0.4) is 0 Å². The van der Waals surface area contributed by atoms with Gasteiger partial charge in [-0.25, -0.2) is 0 Å². The van der Waals surface area contributed by atoms with Gasteiger partial charge in [0.25, 0.3) is 0 Å². The van der Waals surface area contributed by atoms with E-state index in [0.717, 1.165) is 18.8 Å². The molecule has 0 amide bonds. The van der Waals surface area contributed by atoms with E-state index < -0.39 is 0 Å². The van der Waals surface area contributed by atoms with Crippen molar-refractivity contribution in [2.75, 3.05) is 0 Å². The Labute approximate surface area is 82.1 Å². The quantitative estimate of drug-likeness (QED) is 0.601. The molecule has 74 valence electrons. The van der Waals surface area contributed by atoms with Crippen molar-refractivity contribution in [3.8, 4) is 6.07 Å². The van der Waals surface area contributed by atoms with Crippen LogP contribution in [0.5, 0.6) is 0 Å². The molecule has 0 radical (unpaired) electrons. The summed E-state index contributed by atoms with van der Waals surface area (Å²) in [7, 11) is 0. The predicted octanol–water partition coefficient (Wildman–Crippen LogP) is 3.75. The van der Waals surface area contributed by atoms with Crippen molar-refractivity contribution in [2.45, 2.75) is 52.9 Å². The zero-order chi connectivity index (χ0) is 9.90. The van der Waals surface area contributed by atoms with Gasteiger partial charge >= 0.3 is 0 Å². The fraction of sp³-hybridized carbons (Fsp3) is 0.917. The van der Waals surface area contributed by atoms with Crippen molar-refractivity contribution in [1.29, 1.82) is 5.26 Å². The van der Waals surface area contributed by atoms with Gasteiger partial charge in [0.05, 0.1) is 6.07 Å². The molecule has 13 heavy (non-hydrogen) atoms. The third-order valence-electron chi connectivity index (χ3n) is 2.93. The summed E-state index contributed by atoms with van der Waals surface area (Å²) in [4.78, 5) is 0. The Kier molecular flexibility index (Phi) is 3.36. The highest BCUT2D eigenvalue weighted by atomic mass is 14.3. The van der Waals surface area contributed by atoms with Crippen molar-refractivity contribution in [1.82, 2.24) is 0 Å². The smallest absolute Gasteiger partial charge is 0.0655 e. The Hall–Kier alpha value is -0.510. The van der Waals surface area contributed by atoms with E-state index in [1.54, 1.807) is 0 Å². The monoisotopic (exact) mass is 179 g/mol. The lowest BCUT2D eigenvalue weighted by atomic mass is 9.75. The van der Waals surface area contributed by atoms with E-state index in [1.807, 2.05) is 0 Å². The van der Waals surface area contributed by atoms with Crippen LogP contribution in [0.1, 0.15) is 52.9 Å². The van der Waals surface area contributed by atoms with Crippen molar-refractivity contribution < 1.29 is 0 Å². The van der Waals surface area contributed by atoms with Crippen LogP contribution in [-0.4, -0.2) is 0 Å². The molecule has 1 aliphatic carbocycles. The molecule has 0 spiro atoms. The second kappa shape index (κ2) is 4.13. The van der Waals surface area contributed by atoms with E-state index in [0.29, 0.717) is 11.3 Å². The van der Waals surface area contributed by atoms with Crippen LogP contribution in [-0.2, 0) is 0 Å². The molecule has 1 rings (SSSR count). The molecule has 0 unspecified atom stereocenters. The first kappa shape index (κ1) is 10.6. The zero-order valence-electron chi connectivity index (χ0n) is 9.14. The number of hydrogen-bond acceptors (Lipinski definition) is 1. The summed E-state index contributed by atoms with van der Waals surface area (Å²) in [6.07, 6.45) is 6.14. The van der Waals surface area contributed by atoms with Crippen LogP contribution in [0.25, 0.3) is 0 Å². The summed E-state index contributed by atoms with van der Waals surface area (Å²) in [5.74, 6) is 1.24. The molecule has 0 N–H and O–H groups in total. The maximum Gasteiger partial charge on any atom is 0.0655 e. The average Bonchev–Trinajstić information content (AvgIpc) is 2.03. The first-order valence-electron chi connectivity index (χ1n) is 5.41. The average molecular weight is 179 g/mol. The third kappa shape index (κ3) is 3.81. The molecule has 1 fully saturated rings. The molecule has 0 heterocycles.